The van der Waals surface area contributed by atoms with E-state index in [1.165, 1.54) is 16.0 Å². The topological polar surface area (TPSA) is 52.1 Å². The number of benzene rings is 2. The summed E-state index contributed by atoms with van der Waals surface area (Å²) in [5, 5.41) is 3.65. The van der Waals surface area contributed by atoms with Crippen molar-refractivity contribution in [1.29, 1.82) is 0 Å². The third-order valence-electron chi connectivity index (χ3n) is 3.84. The predicted molar refractivity (Wildman–Crippen MR) is 106 cm³/mol. The number of thiazole rings is 2. The fraction of sp³-hybridized carbons (Fsp3) is 0.150. The van der Waals surface area contributed by atoms with Crippen LogP contribution in [0.1, 0.15) is 21.9 Å². The van der Waals surface area contributed by atoms with E-state index in [1.807, 2.05) is 48.5 Å². The van der Waals surface area contributed by atoms with Gasteiger partial charge in [-0.3, -0.25) is 0 Å². The molecule has 0 N–H and O–H groups in total. The van der Waals surface area contributed by atoms with Gasteiger partial charge in [0.1, 0.15) is 5.01 Å². The molecule has 4 nitrogen and oxygen atoms in total. The summed E-state index contributed by atoms with van der Waals surface area (Å²) in [6.07, 6.45) is 1.56. The van der Waals surface area contributed by atoms with Crippen LogP contribution in [0.2, 0.25) is 0 Å². The molecule has 0 radical (unpaired) electrons. The quantitative estimate of drug-likeness (QED) is 0.340. The number of aromatic nitrogens is 2. The number of rotatable bonds is 6. The molecule has 0 spiro atoms. The van der Waals surface area contributed by atoms with Crippen LogP contribution in [0.4, 0.5) is 0 Å². The van der Waals surface area contributed by atoms with E-state index in [1.54, 1.807) is 16.7 Å². The minimum absolute atomic E-state index is 0.368. The number of hydrogen-bond donors (Lipinski definition) is 0. The fourth-order valence-electron chi connectivity index (χ4n) is 2.57. The first-order valence-corrected chi connectivity index (χ1v) is 10.0. The number of fused-ring (bicyclic) bond motifs is 1. The lowest BCUT2D eigenvalue weighted by atomic mass is 10.2. The van der Waals surface area contributed by atoms with Gasteiger partial charge in [-0.05, 0) is 18.6 Å². The molecule has 0 aliphatic carbocycles. The Morgan fingerprint density at radius 2 is 1.81 bits per heavy atom. The van der Waals surface area contributed by atoms with Crippen LogP contribution < -0.4 is 0 Å². The number of para-hydroxylation sites is 1. The second-order valence-corrected chi connectivity index (χ2v) is 7.69. The summed E-state index contributed by atoms with van der Waals surface area (Å²) in [5.41, 5.74) is 2.40. The summed E-state index contributed by atoms with van der Waals surface area (Å²) in [7, 11) is 0. The Morgan fingerprint density at radius 1 is 1.00 bits per heavy atom. The molecule has 0 saturated heterocycles. The molecule has 4 aromatic rings. The van der Waals surface area contributed by atoms with Crippen molar-refractivity contribution in [2.24, 2.45) is 0 Å². The van der Waals surface area contributed by atoms with Gasteiger partial charge in [-0.2, -0.15) is 0 Å². The molecule has 0 fully saturated rings. The largest absolute Gasteiger partial charge is 0.461 e. The van der Waals surface area contributed by atoms with Gasteiger partial charge in [-0.25, -0.2) is 14.8 Å². The van der Waals surface area contributed by atoms with E-state index in [9.17, 15) is 4.79 Å². The van der Waals surface area contributed by atoms with Crippen molar-refractivity contribution in [1.82, 2.24) is 9.97 Å². The van der Waals surface area contributed by atoms with Crippen LogP contribution in [0.25, 0.3) is 20.8 Å². The first-order valence-electron chi connectivity index (χ1n) is 8.32. The first-order chi connectivity index (χ1) is 12.8. The normalized spacial score (nSPS) is 10.9. The third kappa shape index (κ3) is 3.81. The highest BCUT2D eigenvalue weighted by molar-refractivity contribution is 7.18. The molecule has 2 aromatic carbocycles. The Labute approximate surface area is 159 Å². The minimum Gasteiger partial charge on any atom is -0.461 e. The summed E-state index contributed by atoms with van der Waals surface area (Å²) in [6, 6.07) is 17.9. The molecule has 2 aromatic heterocycles. The average molecular weight is 380 g/mol. The molecule has 0 aliphatic heterocycles. The van der Waals surface area contributed by atoms with Gasteiger partial charge in [0.2, 0.25) is 0 Å². The van der Waals surface area contributed by atoms with E-state index in [0.29, 0.717) is 12.3 Å². The number of aryl methyl sites for hydroxylation is 1. The molecule has 0 atom stereocenters. The van der Waals surface area contributed by atoms with E-state index in [2.05, 4.69) is 16.0 Å². The van der Waals surface area contributed by atoms with Crippen LogP contribution in [0.5, 0.6) is 0 Å². The van der Waals surface area contributed by atoms with Crippen molar-refractivity contribution >= 4 is 38.9 Å². The lowest BCUT2D eigenvalue weighted by Gasteiger charge is -2.01. The molecule has 26 heavy (non-hydrogen) atoms. The lowest BCUT2D eigenvalue weighted by Crippen LogP contribution is -2.07. The summed E-state index contributed by atoms with van der Waals surface area (Å²) >= 11 is 3.14. The Morgan fingerprint density at radius 3 is 2.65 bits per heavy atom. The number of carbonyl (C=O) groups is 1. The SMILES string of the molecule is O=C(OCCCc1nc2ccccc2s1)c1csc(-c2ccccc2)n1. The highest BCUT2D eigenvalue weighted by atomic mass is 32.1. The number of ether oxygens (including phenoxy) is 1. The van der Waals surface area contributed by atoms with Gasteiger partial charge in [0, 0.05) is 17.4 Å². The summed E-state index contributed by atoms with van der Waals surface area (Å²) in [6.45, 7) is 0.368. The van der Waals surface area contributed by atoms with Crippen molar-refractivity contribution in [3.63, 3.8) is 0 Å². The zero-order valence-corrected chi connectivity index (χ0v) is 15.6. The molecule has 4 rings (SSSR count). The van der Waals surface area contributed by atoms with Crippen LogP contribution in [0.15, 0.2) is 60.0 Å². The first kappa shape index (κ1) is 16.9. The van der Waals surface area contributed by atoms with E-state index >= 15 is 0 Å². The zero-order valence-electron chi connectivity index (χ0n) is 13.9. The molecule has 2 heterocycles. The summed E-state index contributed by atoms with van der Waals surface area (Å²) < 4.78 is 6.55. The van der Waals surface area contributed by atoms with Crippen molar-refractivity contribution < 1.29 is 9.53 Å². The van der Waals surface area contributed by atoms with E-state index in [-0.39, 0.29) is 5.97 Å². The Kier molecular flexibility index (Phi) is 5.04. The Hall–Kier alpha value is -2.57. The van der Waals surface area contributed by atoms with Gasteiger partial charge in [-0.1, -0.05) is 42.5 Å². The van der Waals surface area contributed by atoms with Crippen molar-refractivity contribution in [2.45, 2.75) is 12.8 Å². The van der Waals surface area contributed by atoms with Gasteiger partial charge in [0.15, 0.2) is 5.69 Å². The van der Waals surface area contributed by atoms with E-state index < -0.39 is 0 Å². The van der Waals surface area contributed by atoms with Crippen molar-refractivity contribution in [3.8, 4) is 10.6 Å². The van der Waals surface area contributed by atoms with Crippen LogP contribution in [0, 0.1) is 0 Å². The molecule has 130 valence electrons. The summed E-state index contributed by atoms with van der Waals surface area (Å²) in [4.78, 5) is 21.1. The number of esters is 1. The third-order valence-corrected chi connectivity index (χ3v) is 5.83. The maximum Gasteiger partial charge on any atom is 0.357 e. The monoisotopic (exact) mass is 380 g/mol. The molecule has 0 saturated carbocycles. The summed E-state index contributed by atoms with van der Waals surface area (Å²) in [5.74, 6) is -0.368. The number of nitrogens with zero attached hydrogens (tertiary/aromatic N) is 2. The molecular formula is C20H16N2O2S2. The standard InChI is InChI=1S/C20H16N2O2S2/c23-20(16-13-25-19(22-16)14-7-2-1-3-8-14)24-12-6-11-18-21-15-9-4-5-10-17(15)26-18/h1-5,7-10,13H,6,11-12H2. The second kappa shape index (κ2) is 7.76. The lowest BCUT2D eigenvalue weighted by molar-refractivity contribution is 0.0495. The van der Waals surface area contributed by atoms with Crippen LogP contribution >= 0.6 is 22.7 Å². The molecular weight excluding hydrogens is 364 g/mol. The molecule has 6 heteroatoms. The van der Waals surface area contributed by atoms with Gasteiger partial charge < -0.3 is 4.74 Å². The minimum atomic E-state index is -0.368. The molecule has 0 aliphatic rings. The van der Waals surface area contributed by atoms with Crippen molar-refractivity contribution in [3.05, 3.63) is 70.7 Å². The van der Waals surface area contributed by atoms with Gasteiger partial charge >= 0.3 is 5.97 Å². The van der Waals surface area contributed by atoms with Gasteiger partial charge in [0.05, 0.1) is 21.8 Å². The maximum absolute atomic E-state index is 12.2. The van der Waals surface area contributed by atoms with Gasteiger partial charge in [0.25, 0.3) is 0 Å². The molecule has 0 unspecified atom stereocenters. The highest BCUT2D eigenvalue weighted by Crippen LogP contribution is 2.24. The average Bonchev–Trinajstić information content (AvgIpc) is 3.32. The van der Waals surface area contributed by atoms with E-state index in [0.717, 1.165) is 33.9 Å². The van der Waals surface area contributed by atoms with Crippen molar-refractivity contribution in [2.75, 3.05) is 6.61 Å². The molecule has 0 bridgehead atoms. The zero-order chi connectivity index (χ0) is 17.8. The van der Waals surface area contributed by atoms with E-state index in [4.69, 9.17) is 4.74 Å². The Bertz CT molecular complexity index is 991. The second-order valence-electron chi connectivity index (χ2n) is 5.72. The Balaban J connectivity index is 1.29. The predicted octanol–water partition coefficient (Wildman–Crippen LogP) is 5.21. The number of carbonyl (C=O) groups excluding carboxylic acids is 1. The maximum atomic E-state index is 12.2. The van der Waals surface area contributed by atoms with Crippen LogP contribution in [-0.4, -0.2) is 22.5 Å². The van der Waals surface area contributed by atoms with Crippen LogP contribution in [-0.2, 0) is 11.2 Å². The fourth-order valence-corrected chi connectivity index (χ4v) is 4.37. The smallest absolute Gasteiger partial charge is 0.357 e. The highest BCUT2D eigenvalue weighted by Gasteiger charge is 2.13. The number of hydrogen-bond acceptors (Lipinski definition) is 6. The van der Waals surface area contributed by atoms with Gasteiger partial charge in [-0.15, -0.1) is 22.7 Å². The molecule has 0 amide bonds. The van der Waals surface area contributed by atoms with Crippen LogP contribution in [0.3, 0.4) is 0 Å².